The number of halogens is 1. The minimum Gasteiger partial charge on any atom is -0.377 e. The molecule has 0 aliphatic heterocycles. The van der Waals surface area contributed by atoms with Gasteiger partial charge in [0.05, 0.1) is 0 Å². The number of para-hydroxylation sites is 1. The van der Waals surface area contributed by atoms with Crippen molar-refractivity contribution in [3.63, 3.8) is 0 Å². The third-order valence-electron chi connectivity index (χ3n) is 2.15. The Kier molecular flexibility index (Phi) is 4.86. The summed E-state index contributed by atoms with van der Waals surface area (Å²) in [4.78, 5) is 2.19. The van der Waals surface area contributed by atoms with Crippen LogP contribution in [-0.2, 0) is 6.42 Å². The first-order chi connectivity index (χ1) is 5.66. The smallest absolute Gasteiger partial charge is 0.0423 e. The van der Waals surface area contributed by atoms with E-state index in [1.807, 2.05) is 0 Å². The van der Waals surface area contributed by atoms with Crippen molar-refractivity contribution >= 4 is 18.1 Å². The molecule has 0 spiro atoms. The molecule has 0 radical (unpaired) electrons. The Balaban J connectivity index is 0.00000144. The molecule has 74 valence electrons. The first-order valence-corrected chi connectivity index (χ1v) is 4.42. The van der Waals surface area contributed by atoms with E-state index in [0.717, 1.165) is 6.42 Å². The molecule has 0 N–H and O–H groups in total. The Morgan fingerprint density at radius 3 is 2.23 bits per heavy atom. The molecule has 0 aliphatic rings. The van der Waals surface area contributed by atoms with Crippen LogP contribution >= 0.6 is 12.4 Å². The number of rotatable bonds is 2. The summed E-state index contributed by atoms with van der Waals surface area (Å²) in [6.07, 6.45) is 1.11. The zero-order valence-electron chi connectivity index (χ0n) is 8.79. The Labute approximate surface area is 87.2 Å². The summed E-state index contributed by atoms with van der Waals surface area (Å²) in [6.45, 7) is 4.36. The van der Waals surface area contributed by atoms with Gasteiger partial charge in [-0.2, -0.15) is 0 Å². The second-order valence-corrected chi connectivity index (χ2v) is 3.33. The van der Waals surface area contributed by atoms with Crippen LogP contribution in [0.15, 0.2) is 18.2 Å². The lowest BCUT2D eigenvalue weighted by Gasteiger charge is -2.19. The minimum atomic E-state index is 0. The molecule has 0 aromatic heterocycles. The Morgan fingerprint density at radius 2 is 1.85 bits per heavy atom. The number of benzene rings is 1. The summed E-state index contributed by atoms with van der Waals surface area (Å²) in [5, 5.41) is 0. The maximum Gasteiger partial charge on any atom is 0.0423 e. The van der Waals surface area contributed by atoms with Crippen molar-refractivity contribution in [2.24, 2.45) is 0 Å². The first-order valence-electron chi connectivity index (χ1n) is 4.42. The molecule has 1 aromatic rings. The molecule has 1 nitrogen and oxygen atoms in total. The predicted molar refractivity (Wildman–Crippen MR) is 62.1 cm³/mol. The van der Waals surface area contributed by atoms with E-state index in [4.69, 9.17) is 0 Å². The molecule has 0 amide bonds. The topological polar surface area (TPSA) is 3.24 Å². The van der Waals surface area contributed by atoms with Crippen LogP contribution in [0.4, 0.5) is 5.69 Å². The van der Waals surface area contributed by atoms with Gasteiger partial charge in [-0.1, -0.05) is 25.1 Å². The van der Waals surface area contributed by atoms with E-state index in [-0.39, 0.29) is 12.4 Å². The standard InChI is InChI=1S/C11H17N.ClH/c1-5-10-8-6-7-9(2)11(10)12(3)4;/h6-8H,5H2,1-4H3;1H. The van der Waals surface area contributed by atoms with Gasteiger partial charge in [0.2, 0.25) is 0 Å². The van der Waals surface area contributed by atoms with E-state index in [1.165, 1.54) is 16.8 Å². The highest BCUT2D eigenvalue weighted by Crippen LogP contribution is 2.23. The average molecular weight is 200 g/mol. The minimum absolute atomic E-state index is 0. The van der Waals surface area contributed by atoms with Gasteiger partial charge in [-0.05, 0) is 24.5 Å². The van der Waals surface area contributed by atoms with Crippen LogP contribution in [0.3, 0.4) is 0 Å². The molecule has 0 unspecified atom stereocenters. The van der Waals surface area contributed by atoms with Crippen LogP contribution in [-0.4, -0.2) is 14.1 Å². The fourth-order valence-electron chi connectivity index (χ4n) is 1.64. The summed E-state index contributed by atoms with van der Waals surface area (Å²) in [5.74, 6) is 0. The van der Waals surface area contributed by atoms with Gasteiger partial charge in [-0.15, -0.1) is 12.4 Å². The van der Waals surface area contributed by atoms with Crippen molar-refractivity contribution < 1.29 is 0 Å². The van der Waals surface area contributed by atoms with E-state index in [1.54, 1.807) is 0 Å². The number of hydrogen-bond acceptors (Lipinski definition) is 1. The Morgan fingerprint density at radius 1 is 1.23 bits per heavy atom. The molecule has 0 saturated carbocycles. The monoisotopic (exact) mass is 199 g/mol. The summed E-state index contributed by atoms with van der Waals surface area (Å²) >= 11 is 0. The SMILES string of the molecule is CCc1cccc(C)c1N(C)C.Cl. The van der Waals surface area contributed by atoms with Crippen molar-refractivity contribution in [2.75, 3.05) is 19.0 Å². The van der Waals surface area contributed by atoms with Crippen LogP contribution in [0, 0.1) is 6.92 Å². The normalized spacial score (nSPS) is 9.23. The fourth-order valence-corrected chi connectivity index (χ4v) is 1.64. The molecule has 1 aromatic carbocycles. The van der Waals surface area contributed by atoms with Crippen LogP contribution in [0.25, 0.3) is 0 Å². The zero-order valence-corrected chi connectivity index (χ0v) is 9.61. The highest BCUT2D eigenvalue weighted by molar-refractivity contribution is 5.85. The molecule has 0 aliphatic carbocycles. The van der Waals surface area contributed by atoms with Crippen molar-refractivity contribution in [1.29, 1.82) is 0 Å². The fraction of sp³-hybridized carbons (Fsp3) is 0.455. The quantitative estimate of drug-likeness (QED) is 0.708. The van der Waals surface area contributed by atoms with Gasteiger partial charge in [0, 0.05) is 19.8 Å². The van der Waals surface area contributed by atoms with Gasteiger partial charge in [-0.3, -0.25) is 0 Å². The van der Waals surface area contributed by atoms with Gasteiger partial charge in [0.25, 0.3) is 0 Å². The lowest BCUT2D eigenvalue weighted by Crippen LogP contribution is -2.12. The largest absolute Gasteiger partial charge is 0.377 e. The third kappa shape index (κ3) is 2.63. The molecule has 2 heteroatoms. The average Bonchev–Trinajstić information content (AvgIpc) is 2.03. The zero-order chi connectivity index (χ0) is 9.14. The van der Waals surface area contributed by atoms with E-state index >= 15 is 0 Å². The predicted octanol–water partition coefficient (Wildman–Crippen LogP) is 3.05. The number of aryl methyl sites for hydroxylation is 2. The molecular weight excluding hydrogens is 182 g/mol. The maximum absolute atomic E-state index is 2.20. The van der Waals surface area contributed by atoms with Gasteiger partial charge >= 0.3 is 0 Å². The molecule has 0 fully saturated rings. The van der Waals surface area contributed by atoms with Gasteiger partial charge in [0.1, 0.15) is 0 Å². The third-order valence-corrected chi connectivity index (χ3v) is 2.15. The van der Waals surface area contributed by atoms with Gasteiger partial charge in [0.15, 0.2) is 0 Å². The first kappa shape index (κ1) is 12.3. The number of hydrogen-bond donors (Lipinski definition) is 0. The lowest BCUT2D eigenvalue weighted by atomic mass is 10.1. The molecule has 1 rings (SSSR count). The molecule has 0 atom stereocenters. The lowest BCUT2D eigenvalue weighted by molar-refractivity contribution is 1.05. The highest BCUT2D eigenvalue weighted by atomic mass is 35.5. The molecule has 0 bridgehead atoms. The van der Waals surface area contributed by atoms with Gasteiger partial charge < -0.3 is 4.90 Å². The summed E-state index contributed by atoms with van der Waals surface area (Å²) in [5.41, 5.74) is 4.17. The second-order valence-electron chi connectivity index (χ2n) is 3.33. The Hall–Kier alpha value is -0.690. The molecule has 13 heavy (non-hydrogen) atoms. The molecular formula is C11H18ClN. The van der Waals surface area contributed by atoms with Gasteiger partial charge in [-0.25, -0.2) is 0 Å². The number of nitrogens with zero attached hydrogens (tertiary/aromatic N) is 1. The maximum atomic E-state index is 2.20. The van der Waals surface area contributed by atoms with Crippen molar-refractivity contribution in [1.82, 2.24) is 0 Å². The van der Waals surface area contributed by atoms with E-state index in [9.17, 15) is 0 Å². The number of anilines is 1. The van der Waals surface area contributed by atoms with Crippen molar-refractivity contribution in [3.05, 3.63) is 29.3 Å². The van der Waals surface area contributed by atoms with Crippen LogP contribution < -0.4 is 4.90 Å². The molecule has 0 heterocycles. The second kappa shape index (κ2) is 5.13. The van der Waals surface area contributed by atoms with Crippen molar-refractivity contribution in [3.8, 4) is 0 Å². The summed E-state index contributed by atoms with van der Waals surface area (Å²) in [7, 11) is 4.20. The van der Waals surface area contributed by atoms with E-state index in [0.29, 0.717) is 0 Å². The van der Waals surface area contributed by atoms with E-state index in [2.05, 4.69) is 51.0 Å². The summed E-state index contributed by atoms with van der Waals surface area (Å²) in [6, 6.07) is 6.48. The summed E-state index contributed by atoms with van der Waals surface area (Å²) < 4.78 is 0. The van der Waals surface area contributed by atoms with Crippen molar-refractivity contribution in [2.45, 2.75) is 20.3 Å². The van der Waals surface area contributed by atoms with Crippen LogP contribution in [0.2, 0.25) is 0 Å². The van der Waals surface area contributed by atoms with Crippen LogP contribution in [0.5, 0.6) is 0 Å². The van der Waals surface area contributed by atoms with Crippen LogP contribution in [0.1, 0.15) is 18.1 Å². The highest BCUT2D eigenvalue weighted by Gasteiger charge is 2.04. The van der Waals surface area contributed by atoms with E-state index < -0.39 is 0 Å². The molecule has 0 saturated heterocycles. The Bertz CT molecular complexity index is 269.